The van der Waals surface area contributed by atoms with Crippen LogP contribution >= 0.6 is 7.82 Å². The predicted octanol–water partition coefficient (Wildman–Crippen LogP) is 8.94. The molecular formula is C33H66NO8P. The van der Waals surface area contributed by atoms with E-state index >= 15 is 0 Å². The van der Waals surface area contributed by atoms with Gasteiger partial charge >= 0.3 is 19.8 Å². The number of hydrogen-bond donors (Lipinski definition) is 2. The Morgan fingerprint density at radius 3 is 1.42 bits per heavy atom. The minimum absolute atomic E-state index is 0.0575. The quantitative estimate of drug-likeness (QED) is 0.0411. The molecule has 0 saturated heterocycles. The molecule has 0 aliphatic rings. The van der Waals surface area contributed by atoms with Crippen molar-refractivity contribution in [1.82, 2.24) is 0 Å². The van der Waals surface area contributed by atoms with E-state index in [-0.39, 0.29) is 38.6 Å². The Balaban J connectivity index is 4.25. The Kier molecular flexibility index (Phi) is 30.3. The molecule has 0 aromatic rings. The van der Waals surface area contributed by atoms with Crippen LogP contribution in [0.15, 0.2) is 0 Å². The average molecular weight is 636 g/mol. The van der Waals surface area contributed by atoms with Crippen molar-refractivity contribution in [2.75, 3.05) is 26.4 Å². The number of unbranched alkanes of at least 4 members (excludes halogenated alkanes) is 20. The Hall–Kier alpha value is -0.990. The molecular weight excluding hydrogens is 569 g/mol. The van der Waals surface area contributed by atoms with Gasteiger partial charge in [0.15, 0.2) is 6.10 Å². The molecule has 2 unspecified atom stereocenters. The second-order valence-corrected chi connectivity index (χ2v) is 13.2. The lowest BCUT2D eigenvalue weighted by Crippen LogP contribution is -2.29. The van der Waals surface area contributed by atoms with Gasteiger partial charge in [-0.2, -0.15) is 0 Å². The monoisotopic (exact) mass is 635 g/mol. The summed E-state index contributed by atoms with van der Waals surface area (Å²) in [5.41, 5.74) is 5.31. The highest BCUT2D eigenvalue weighted by Gasteiger charge is 2.25. The summed E-state index contributed by atoms with van der Waals surface area (Å²) in [4.78, 5) is 34.5. The number of hydrogen-bond acceptors (Lipinski definition) is 8. The molecule has 0 aliphatic heterocycles. The third-order valence-electron chi connectivity index (χ3n) is 7.49. The maximum atomic E-state index is 12.4. The number of carbonyl (C=O) groups is 2. The normalized spacial score (nSPS) is 13.5. The molecule has 10 heteroatoms. The second kappa shape index (κ2) is 31.0. The Morgan fingerprint density at radius 2 is 1.00 bits per heavy atom. The first-order valence-corrected chi connectivity index (χ1v) is 19.0. The number of ether oxygens (including phenoxy) is 2. The smallest absolute Gasteiger partial charge is 0.462 e. The molecule has 0 spiro atoms. The summed E-state index contributed by atoms with van der Waals surface area (Å²) in [5, 5.41) is 0. The number of esters is 2. The SMILES string of the molecule is CCCCCCCCCCCCCC(=O)OCC(COP(=O)(O)OCCN)OC(=O)CCCCCCCCCCCCC. The topological polar surface area (TPSA) is 134 Å². The lowest BCUT2D eigenvalue weighted by molar-refractivity contribution is -0.161. The van der Waals surface area contributed by atoms with Crippen molar-refractivity contribution in [3.05, 3.63) is 0 Å². The number of phosphoric ester groups is 1. The Labute approximate surface area is 263 Å². The van der Waals surface area contributed by atoms with Crippen molar-refractivity contribution < 1.29 is 37.6 Å². The van der Waals surface area contributed by atoms with Gasteiger partial charge in [0.05, 0.1) is 13.2 Å². The van der Waals surface area contributed by atoms with Gasteiger partial charge in [-0.1, -0.05) is 142 Å². The average Bonchev–Trinajstić information content (AvgIpc) is 2.99. The van der Waals surface area contributed by atoms with Crippen molar-refractivity contribution in [1.29, 1.82) is 0 Å². The standard InChI is InChI=1S/C33H66NO8P/c1-3-5-7-9-11-13-15-17-19-21-23-25-32(35)39-29-31(30-41-43(37,38)40-28-27-34)42-33(36)26-24-22-20-18-16-14-12-10-8-6-4-2/h31H,3-30,34H2,1-2H3,(H,37,38). The number of rotatable bonds is 33. The van der Waals surface area contributed by atoms with Crippen LogP contribution in [0, 0.1) is 0 Å². The molecule has 0 rings (SSSR count). The van der Waals surface area contributed by atoms with Crippen molar-refractivity contribution in [3.63, 3.8) is 0 Å². The molecule has 256 valence electrons. The van der Waals surface area contributed by atoms with Gasteiger partial charge in [0.25, 0.3) is 0 Å². The number of phosphoric acid groups is 1. The highest BCUT2D eigenvalue weighted by Crippen LogP contribution is 2.43. The third kappa shape index (κ3) is 30.8. The zero-order chi connectivity index (χ0) is 31.9. The first kappa shape index (κ1) is 42.0. The first-order valence-electron chi connectivity index (χ1n) is 17.5. The van der Waals surface area contributed by atoms with Crippen molar-refractivity contribution >= 4 is 19.8 Å². The van der Waals surface area contributed by atoms with Crippen LogP contribution in [0.25, 0.3) is 0 Å². The fourth-order valence-corrected chi connectivity index (χ4v) is 5.63. The van der Waals surface area contributed by atoms with E-state index in [0.29, 0.717) is 6.42 Å². The van der Waals surface area contributed by atoms with Crippen LogP contribution in [0.3, 0.4) is 0 Å². The lowest BCUT2D eigenvalue weighted by Gasteiger charge is -2.19. The lowest BCUT2D eigenvalue weighted by atomic mass is 10.1. The van der Waals surface area contributed by atoms with Crippen LogP contribution in [0.5, 0.6) is 0 Å². The van der Waals surface area contributed by atoms with Crippen molar-refractivity contribution in [2.45, 2.75) is 174 Å². The highest BCUT2D eigenvalue weighted by molar-refractivity contribution is 7.47. The van der Waals surface area contributed by atoms with E-state index in [9.17, 15) is 19.0 Å². The summed E-state index contributed by atoms with van der Waals surface area (Å²) < 4.78 is 32.5. The molecule has 0 bridgehead atoms. The molecule has 0 aromatic carbocycles. The Morgan fingerprint density at radius 1 is 0.605 bits per heavy atom. The van der Waals surface area contributed by atoms with Crippen molar-refractivity contribution in [3.8, 4) is 0 Å². The molecule has 43 heavy (non-hydrogen) atoms. The van der Waals surface area contributed by atoms with Gasteiger partial charge < -0.3 is 20.1 Å². The minimum atomic E-state index is -4.35. The van der Waals surface area contributed by atoms with E-state index < -0.39 is 26.5 Å². The molecule has 0 aliphatic carbocycles. The van der Waals surface area contributed by atoms with E-state index in [1.807, 2.05) is 0 Å². The van der Waals surface area contributed by atoms with E-state index in [2.05, 4.69) is 13.8 Å². The van der Waals surface area contributed by atoms with Crippen molar-refractivity contribution in [2.24, 2.45) is 5.73 Å². The van der Waals surface area contributed by atoms with E-state index in [1.54, 1.807) is 0 Å². The molecule has 0 radical (unpaired) electrons. The summed E-state index contributed by atoms with van der Waals surface area (Å²) >= 11 is 0. The van der Waals surface area contributed by atoms with Crippen LogP contribution in [-0.2, 0) is 32.7 Å². The van der Waals surface area contributed by atoms with Crippen LogP contribution in [-0.4, -0.2) is 49.3 Å². The summed E-state index contributed by atoms with van der Waals surface area (Å²) in [6.07, 6.45) is 25.6. The van der Waals surface area contributed by atoms with Gasteiger partial charge in [0.2, 0.25) is 0 Å². The van der Waals surface area contributed by atoms with E-state index in [4.69, 9.17) is 24.3 Å². The highest BCUT2D eigenvalue weighted by atomic mass is 31.2. The third-order valence-corrected chi connectivity index (χ3v) is 8.48. The maximum absolute atomic E-state index is 12.4. The molecule has 2 atom stereocenters. The summed E-state index contributed by atoms with van der Waals surface area (Å²) in [7, 11) is -4.35. The van der Waals surface area contributed by atoms with Gasteiger partial charge in [-0.05, 0) is 12.8 Å². The molecule has 0 fully saturated rings. The van der Waals surface area contributed by atoms with Gasteiger partial charge in [-0.25, -0.2) is 4.57 Å². The zero-order valence-electron chi connectivity index (χ0n) is 27.7. The van der Waals surface area contributed by atoms with Crippen LogP contribution < -0.4 is 5.73 Å². The first-order chi connectivity index (χ1) is 20.8. The fourth-order valence-electron chi connectivity index (χ4n) is 4.87. The van der Waals surface area contributed by atoms with Gasteiger partial charge in [-0.3, -0.25) is 18.6 Å². The van der Waals surface area contributed by atoms with E-state index in [1.165, 1.54) is 103 Å². The largest absolute Gasteiger partial charge is 0.472 e. The van der Waals surface area contributed by atoms with Crippen LogP contribution in [0.2, 0.25) is 0 Å². The molecule has 3 N–H and O–H groups in total. The molecule has 0 heterocycles. The predicted molar refractivity (Wildman–Crippen MR) is 174 cm³/mol. The van der Waals surface area contributed by atoms with Crippen LogP contribution in [0.4, 0.5) is 0 Å². The molecule has 9 nitrogen and oxygen atoms in total. The van der Waals surface area contributed by atoms with Crippen LogP contribution in [0.1, 0.15) is 168 Å². The number of carbonyl (C=O) groups excluding carboxylic acids is 2. The molecule has 0 amide bonds. The van der Waals surface area contributed by atoms with E-state index in [0.717, 1.165) is 32.1 Å². The summed E-state index contributed by atoms with van der Waals surface area (Å²) in [6, 6.07) is 0. The minimum Gasteiger partial charge on any atom is -0.462 e. The van der Waals surface area contributed by atoms with Gasteiger partial charge in [0, 0.05) is 19.4 Å². The second-order valence-electron chi connectivity index (χ2n) is 11.8. The number of nitrogens with two attached hydrogens (primary N) is 1. The molecule has 0 aromatic heterocycles. The van der Waals surface area contributed by atoms with Gasteiger partial charge in [0.1, 0.15) is 6.61 Å². The zero-order valence-corrected chi connectivity index (χ0v) is 28.6. The maximum Gasteiger partial charge on any atom is 0.472 e. The van der Waals surface area contributed by atoms with Gasteiger partial charge in [-0.15, -0.1) is 0 Å². The molecule has 0 saturated carbocycles. The summed E-state index contributed by atoms with van der Waals surface area (Å²) in [6.45, 7) is 3.71. The fraction of sp³-hybridized carbons (Fsp3) is 0.939. The Bertz CT molecular complexity index is 694. The summed E-state index contributed by atoms with van der Waals surface area (Å²) in [5.74, 6) is -0.824.